The average Bonchev–Trinajstić information content (AvgIpc) is 3.54. The number of carbonyl (C=O) groups excluding carboxylic acids is 2. The molecule has 1 N–H and O–H groups in total. The van der Waals surface area contributed by atoms with Crippen LogP contribution in [0.2, 0.25) is 5.02 Å². The number of anilines is 1. The normalized spacial score (nSPS) is 33.2. The van der Waals surface area contributed by atoms with Crippen LogP contribution < -0.4 is 9.77 Å². The molecule has 3 heterocycles. The minimum absolute atomic E-state index is 0.0293. The van der Waals surface area contributed by atoms with Crippen LogP contribution in [0.1, 0.15) is 22.8 Å². The number of thiazole rings is 1. The van der Waals surface area contributed by atoms with Crippen LogP contribution in [-0.2, 0) is 9.59 Å². The maximum Gasteiger partial charge on any atom is 0.305 e. The Kier molecular flexibility index (Phi) is 4.48. The minimum Gasteiger partial charge on any atom is -0.307 e. The highest BCUT2D eigenvalue weighted by atomic mass is 35.5. The molecule has 2 saturated carbocycles. The molecule has 2 aliphatic carbocycles. The van der Waals surface area contributed by atoms with E-state index in [1.54, 1.807) is 48.2 Å². The number of hydrogen-bond donors (Lipinski definition) is 1. The summed E-state index contributed by atoms with van der Waals surface area (Å²) in [5, 5.41) is 1.51. The quantitative estimate of drug-likeness (QED) is 0.495. The van der Waals surface area contributed by atoms with Gasteiger partial charge in [-0.3, -0.25) is 19.3 Å². The number of amides is 2. The second-order valence-corrected chi connectivity index (χ2v) is 12.1. The molecule has 2 bridgehead atoms. The largest absolute Gasteiger partial charge is 0.307 e. The maximum absolute atomic E-state index is 13.7. The summed E-state index contributed by atoms with van der Waals surface area (Å²) in [6.07, 6.45) is 0.820. The number of imide groups is 1. The zero-order valence-corrected chi connectivity index (χ0v) is 20.0. The Hall–Kier alpha value is -2.42. The zero-order valence-electron chi connectivity index (χ0n) is 17.6. The molecule has 4 aliphatic rings. The van der Waals surface area contributed by atoms with Gasteiger partial charge >= 0.3 is 4.87 Å². The van der Waals surface area contributed by atoms with Gasteiger partial charge in [-0.05, 0) is 66.1 Å². The Morgan fingerprint density at radius 2 is 1.62 bits per heavy atom. The number of benzene rings is 2. The van der Waals surface area contributed by atoms with Gasteiger partial charge in [0.25, 0.3) is 0 Å². The van der Waals surface area contributed by atoms with Gasteiger partial charge < -0.3 is 4.98 Å². The van der Waals surface area contributed by atoms with E-state index in [0.717, 1.165) is 21.9 Å². The number of fused-ring (bicyclic) bond motifs is 9. The summed E-state index contributed by atoms with van der Waals surface area (Å²) in [5.41, 5.74) is 1.51. The van der Waals surface area contributed by atoms with Crippen molar-refractivity contribution < 1.29 is 14.0 Å². The predicted octanol–water partition coefficient (Wildman–Crippen LogP) is 4.91. The SMILES string of the molecule is O=C1C2C3CC(C2C(=O)N1c1ccc(Cl)cc1)C1C(c2ccc(F)cc2)c2sc(=O)[nH]c2SC31. The van der Waals surface area contributed by atoms with E-state index in [1.807, 2.05) is 0 Å². The highest BCUT2D eigenvalue weighted by Crippen LogP contribution is 2.68. The fourth-order valence-corrected chi connectivity index (χ4v) is 9.92. The third-order valence-corrected chi connectivity index (χ3v) is 10.9. The Bertz CT molecular complexity index is 1400. The van der Waals surface area contributed by atoms with Gasteiger partial charge in [0.05, 0.1) is 22.5 Å². The molecule has 172 valence electrons. The number of aromatic nitrogens is 1. The van der Waals surface area contributed by atoms with Crippen molar-refractivity contribution in [1.29, 1.82) is 0 Å². The molecule has 2 aromatic carbocycles. The first-order valence-electron chi connectivity index (χ1n) is 11.2. The van der Waals surface area contributed by atoms with Gasteiger partial charge in [0.15, 0.2) is 0 Å². The van der Waals surface area contributed by atoms with Gasteiger partial charge in [0.2, 0.25) is 11.8 Å². The number of nitrogens with one attached hydrogen (secondary N) is 1. The molecule has 2 aliphatic heterocycles. The summed E-state index contributed by atoms with van der Waals surface area (Å²) in [6, 6.07) is 13.3. The van der Waals surface area contributed by atoms with Crippen LogP contribution in [0.25, 0.3) is 0 Å². The zero-order chi connectivity index (χ0) is 23.3. The molecule has 1 aromatic heterocycles. The lowest BCUT2D eigenvalue weighted by Crippen LogP contribution is -2.42. The number of rotatable bonds is 2. The Labute approximate surface area is 207 Å². The van der Waals surface area contributed by atoms with Crippen LogP contribution in [0.15, 0.2) is 58.4 Å². The topological polar surface area (TPSA) is 70.2 Å². The third-order valence-electron chi connectivity index (χ3n) is 8.04. The molecule has 2 amide bonds. The molecular weight excluding hydrogens is 495 g/mol. The summed E-state index contributed by atoms with van der Waals surface area (Å²) >= 11 is 8.86. The lowest BCUT2D eigenvalue weighted by molar-refractivity contribution is -0.123. The number of thioether (sulfide) groups is 1. The number of halogens is 2. The second kappa shape index (κ2) is 7.29. The van der Waals surface area contributed by atoms with Gasteiger partial charge in [-0.1, -0.05) is 35.1 Å². The molecule has 7 rings (SSSR count). The maximum atomic E-state index is 13.7. The van der Waals surface area contributed by atoms with E-state index in [0.29, 0.717) is 10.7 Å². The molecular formula is C25H18ClFN2O3S2. The summed E-state index contributed by atoms with van der Waals surface area (Å²) in [5.74, 6) is -1.21. The number of nitrogens with zero attached hydrogens (tertiary/aromatic N) is 1. The fraction of sp³-hybridized carbons (Fsp3) is 0.320. The second-order valence-electron chi connectivity index (χ2n) is 9.50. The average molecular weight is 513 g/mol. The summed E-state index contributed by atoms with van der Waals surface area (Å²) < 4.78 is 13.7. The van der Waals surface area contributed by atoms with E-state index in [9.17, 15) is 18.8 Å². The van der Waals surface area contributed by atoms with Crippen molar-refractivity contribution in [2.75, 3.05) is 4.90 Å². The molecule has 9 heteroatoms. The van der Waals surface area contributed by atoms with Gasteiger partial charge in [-0.25, -0.2) is 4.39 Å². The van der Waals surface area contributed by atoms with Crippen LogP contribution in [0.3, 0.4) is 0 Å². The number of carbonyl (C=O) groups is 2. The van der Waals surface area contributed by atoms with E-state index in [1.165, 1.54) is 28.4 Å². The van der Waals surface area contributed by atoms with Gasteiger partial charge in [0.1, 0.15) is 5.82 Å². The number of hydrogen-bond acceptors (Lipinski definition) is 5. The molecule has 7 unspecified atom stereocenters. The van der Waals surface area contributed by atoms with Gasteiger partial charge in [-0.15, -0.1) is 11.8 Å². The Morgan fingerprint density at radius 1 is 0.941 bits per heavy atom. The first-order valence-corrected chi connectivity index (χ1v) is 13.3. The molecule has 34 heavy (non-hydrogen) atoms. The summed E-state index contributed by atoms with van der Waals surface area (Å²) in [4.78, 5) is 44.6. The molecule has 0 spiro atoms. The lowest BCUT2D eigenvalue weighted by Gasteiger charge is -2.43. The summed E-state index contributed by atoms with van der Waals surface area (Å²) in [6.45, 7) is 0. The van der Waals surface area contributed by atoms with E-state index >= 15 is 0 Å². The smallest absolute Gasteiger partial charge is 0.305 e. The van der Waals surface area contributed by atoms with Crippen LogP contribution in [0.5, 0.6) is 0 Å². The van der Waals surface area contributed by atoms with Crippen molar-refractivity contribution in [3.05, 3.63) is 79.5 Å². The van der Waals surface area contributed by atoms with Crippen LogP contribution in [0, 0.1) is 35.4 Å². The minimum atomic E-state index is -0.366. The van der Waals surface area contributed by atoms with E-state index < -0.39 is 0 Å². The Morgan fingerprint density at radius 3 is 2.32 bits per heavy atom. The van der Waals surface area contributed by atoms with Crippen molar-refractivity contribution in [3.63, 3.8) is 0 Å². The van der Waals surface area contributed by atoms with Gasteiger partial charge in [0, 0.05) is 21.1 Å². The molecule has 0 radical (unpaired) electrons. The molecule has 3 aromatic rings. The van der Waals surface area contributed by atoms with Crippen LogP contribution in [0.4, 0.5) is 10.1 Å². The predicted molar refractivity (Wildman–Crippen MR) is 129 cm³/mol. The van der Waals surface area contributed by atoms with Crippen LogP contribution >= 0.6 is 34.7 Å². The lowest BCUT2D eigenvalue weighted by atomic mass is 9.68. The molecule has 3 fully saturated rings. The standard InChI is InChI=1S/C25H18ClFN2O3S2/c26-11-3-7-13(8-4-11)29-23(30)18-14-9-15(19(18)24(29)31)20-17(14)16(10-1-5-12(27)6-2-10)21-22(33-20)28-25(32)34-21/h1-8,14-20H,9H2,(H,28,32). The Balaban J connectivity index is 1.32. The highest BCUT2D eigenvalue weighted by molar-refractivity contribution is 8.00. The van der Waals surface area contributed by atoms with Crippen molar-refractivity contribution in [2.45, 2.75) is 22.6 Å². The number of H-pyrrole nitrogens is 1. The monoisotopic (exact) mass is 512 g/mol. The molecule has 1 saturated heterocycles. The van der Waals surface area contributed by atoms with Crippen molar-refractivity contribution in [2.24, 2.45) is 29.6 Å². The van der Waals surface area contributed by atoms with Crippen molar-refractivity contribution >= 4 is 52.2 Å². The van der Waals surface area contributed by atoms with Crippen molar-refractivity contribution in [1.82, 2.24) is 4.98 Å². The first kappa shape index (κ1) is 20.9. The third kappa shape index (κ3) is 2.76. The van der Waals surface area contributed by atoms with E-state index in [4.69, 9.17) is 11.6 Å². The number of aromatic amines is 1. The fourth-order valence-electron chi connectivity index (χ4n) is 6.90. The van der Waals surface area contributed by atoms with E-state index in [2.05, 4.69) is 4.98 Å². The molecule has 5 nitrogen and oxygen atoms in total. The summed E-state index contributed by atoms with van der Waals surface area (Å²) in [7, 11) is 0. The molecule has 7 atom stereocenters. The van der Waals surface area contributed by atoms with Crippen molar-refractivity contribution in [3.8, 4) is 0 Å². The first-order chi connectivity index (χ1) is 16.4. The van der Waals surface area contributed by atoms with E-state index in [-0.39, 0.29) is 63.3 Å². The van der Waals surface area contributed by atoms with Gasteiger partial charge in [-0.2, -0.15) is 0 Å². The van der Waals surface area contributed by atoms with Crippen LogP contribution in [-0.4, -0.2) is 22.0 Å². The highest BCUT2D eigenvalue weighted by Gasteiger charge is 2.69.